The third-order valence-corrected chi connectivity index (χ3v) is 7.48. The number of carboxylic acid groups (broad SMARTS) is 1. The van der Waals surface area contributed by atoms with Gasteiger partial charge in [0.25, 0.3) is 0 Å². The molecule has 0 amide bonds. The molecular formula is C16H21N3O4S2. The zero-order chi connectivity index (χ0) is 18.1. The lowest BCUT2D eigenvalue weighted by Gasteiger charge is -2.28. The standard InChI is InChI=1S/C16H21N3O4S2/c1-8-12(11(6-20)9(2)21)18-13(15(22)23)14(8)25-10-5-19-4-3-17-16(19)24-7-10/h3-4,6,8-12,18,21H,5,7H2,1-2H3,(H,22,23). The number of rotatable bonds is 6. The van der Waals surface area contributed by atoms with Gasteiger partial charge >= 0.3 is 5.97 Å². The van der Waals surface area contributed by atoms with E-state index in [4.69, 9.17) is 0 Å². The molecule has 5 unspecified atom stereocenters. The highest BCUT2D eigenvalue weighted by atomic mass is 32.2. The Morgan fingerprint density at radius 3 is 3.00 bits per heavy atom. The van der Waals surface area contributed by atoms with Gasteiger partial charge in [-0.1, -0.05) is 18.7 Å². The van der Waals surface area contributed by atoms with Crippen LogP contribution in [0.15, 0.2) is 28.2 Å². The number of hydrogen-bond acceptors (Lipinski definition) is 7. The quantitative estimate of drug-likeness (QED) is 0.629. The van der Waals surface area contributed by atoms with Crippen molar-refractivity contribution in [3.8, 4) is 0 Å². The van der Waals surface area contributed by atoms with Crippen LogP contribution in [0.4, 0.5) is 0 Å². The number of thioether (sulfide) groups is 2. The Kier molecular flexibility index (Phi) is 5.45. The number of carbonyl (C=O) groups is 2. The summed E-state index contributed by atoms with van der Waals surface area (Å²) < 4.78 is 2.07. The van der Waals surface area contributed by atoms with E-state index in [0.29, 0.717) is 6.29 Å². The molecule has 5 atom stereocenters. The molecule has 136 valence electrons. The number of aldehydes is 1. The summed E-state index contributed by atoms with van der Waals surface area (Å²) in [6.45, 7) is 4.24. The summed E-state index contributed by atoms with van der Waals surface area (Å²) in [5.74, 6) is -0.986. The lowest BCUT2D eigenvalue weighted by Crippen LogP contribution is -2.42. The van der Waals surface area contributed by atoms with Crippen LogP contribution in [0.5, 0.6) is 0 Å². The summed E-state index contributed by atoms with van der Waals surface area (Å²) in [7, 11) is 0. The van der Waals surface area contributed by atoms with Crippen LogP contribution in [0.2, 0.25) is 0 Å². The van der Waals surface area contributed by atoms with E-state index in [-0.39, 0.29) is 16.9 Å². The van der Waals surface area contributed by atoms with Gasteiger partial charge in [0.15, 0.2) is 5.16 Å². The van der Waals surface area contributed by atoms with Gasteiger partial charge in [0.05, 0.1) is 12.0 Å². The first-order chi connectivity index (χ1) is 11.9. The number of aliphatic hydroxyl groups excluding tert-OH is 1. The second-order valence-corrected chi connectivity index (χ2v) is 8.70. The first-order valence-corrected chi connectivity index (χ1v) is 9.96. The van der Waals surface area contributed by atoms with Crippen LogP contribution in [0, 0.1) is 11.8 Å². The zero-order valence-corrected chi connectivity index (χ0v) is 15.6. The zero-order valence-electron chi connectivity index (χ0n) is 14.0. The molecule has 3 N–H and O–H groups in total. The minimum Gasteiger partial charge on any atom is -0.477 e. The summed E-state index contributed by atoms with van der Waals surface area (Å²) in [4.78, 5) is 28.1. The summed E-state index contributed by atoms with van der Waals surface area (Å²) >= 11 is 3.21. The molecule has 0 spiro atoms. The van der Waals surface area contributed by atoms with Gasteiger partial charge in [0.1, 0.15) is 12.0 Å². The van der Waals surface area contributed by atoms with Crippen molar-refractivity contribution in [2.24, 2.45) is 11.8 Å². The maximum Gasteiger partial charge on any atom is 0.352 e. The molecule has 3 heterocycles. The number of nitrogens with one attached hydrogen (secondary N) is 1. The van der Waals surface area contributed by atoms with E-state index in [0.717, 1.165) is 22.4 Å². The van der Waals surface area contributed by atoms with E-state index < -0.39 is 24.0 Å². The van der Waals surface area contributed by atoms with Gasteiger partial charge in [0.2, 0.25) is 0 Å². The minimum absolute atomic E-state index is 0.149. The molecule has 2 aliphatic heterocycles. The van der Waals surface area contributed by atoms with Crippen molar-refractivity contribution in [2.75, 3.05) is 5.75 Å². The second-order valence-electron chi connectivity index (χ2n) is 6.37. The maximum absolute atomic E-state index is 11.7. The van der Waals surface area contributed by atoms with Gasteiger partial charge in [-0.3, -0.25) is 0 Å². The summed E-state index contributed by atoms with van der Waals surface area (Å²) in [5, 5.41) is 23.6. The van der Waals surface area contributed by atoms with Crippen molar-refractivity contribution in [1.82, 2.24) is 14.9 Å². The molecule has 25 heavy (non-hydrogen) atoms. The molecular weight excluding hydrogens is 362 g/mol. The number of carbonyl (C=O) groups excluding carboxylic acids is 1. The highest BCUT2D eigenvalue weighted by molar-refractivity contribution is 8.05. The van der Waals surface area contributed by atoms with Crippen molar-refractivity contribution in [3.63, 3.8) is 0 Å². The van der Waals surface area contributed by atoms with Gasteiger partial charge in [-0.25, -0.2) is 9.78 Å². The summed E-state index contributed by atoms with van der Waals surface area (Å²) in [6.07, 6.45) is 3.57. The normalized spacial score (nSPS) is 28.2. The third kappa shape index (κ3) is 3.58. The van der Waals surface area contributed by atoms with Crippen molar-refractivity contribution >= 4 is 35.8 Å². The lowest BCUT2D eigenvalue weighted by molar-refractivity contribution is -0.133. The predicted octanol–water partition coefficient (Wildman–Crippen LogP) is 1.19. The number of aliphatic hydroxyl groups is 1. The van der Waals surface area contributed by atoms with Crippen LogP contribution in [-0.4, -0.2) is 55.2 Å². The number of imidazole rings is 1. The van der Waals surface area contributed by atoms with Crippen LogP contribution in [0.1, 0.15) is 13.8 Å². The van der Waals surface area contributed by atoms with Crippen molar-refractivity contribution < 1.29 is 19.8 Å². The molecule has 0 saturated carbocycles. The van der Waals surface area contributed by atoms with Crippen LogP contribution >= 0.6 is 23.5 Å². The van der Waals surface area contributed by atoms with Gasteiger partial charge in [-0.05, 0) is 6.92 Å². The summed E-state index contributed by atoms with van der Waals surface area (Å²) in [6, 6.07) is -0.411. The maximum atomic E-state index is 11.7. The molecule has 2 aliphatic rings. The Hall–Kier alpha value is -1.45. The molecule has 3 rings (SSSR count). The Labute approximate surface area is 154 Å². The molecule has 0 aromatic carbocycles. The van der Waals surface area contributed by atoms with Crippen LogP contribution in [0.25, 0.3) is 0 Å². The average Bonchev–Trinajstić information content (AvgIpc) is 3.14. The first-order valence-electron chi connectivity index (χ1n) is 8.10. The van der Waals surface area contributed by atoms with E-state index >= 15 is 0 Å². The molecule has 0 radical (unpaired) electrons. The topological polar surface area (TPSA) is 104 Å². The second kappa shape index (κ2) is 7.43. The summed E-state index contributed by atoms with van der Waals surface area (Å²) in [5.41, 5.74) is 0.149. The van der Waals surface area contributed by atoms with E-state index in [9.17, 15) is 19.8 Å². The van der Waals surface area contributed by atoms with E-state index in [1.165, 1.54) is 0 Å². The van der Waals surface area contributed by atoms with Crippen LogP contribution in [0.3, 0.4) is 0 Å². The third-order valence-electron chi connectivity index (χ3n) is 4.62. The highest BCUT2D eigenvalue weighted by Crippen LogP contribution is 2.42. The van der Waals surface area contributed by atoms with Crippen molar-refractivity contribution in [2.45, 2.75) is 42.9 Å². The molecule has 7 nitrogen and oxygen atoms in total. The van der Waals surface area contributed by atoms with Crippen LogP contribution < -0.4 is 5.32 Å². The molecule has 0 fully saturated rings. The number of nitrogens with zero attached hydrogens (tertiary/aromatic N) is 2. The van der Waals surface area contributed by atoms with Gasteiger partial charge in [-0.2, -0.15) is 0 Å². The predicted molar refractivity (Wildman–Crippen MR) is 96.3 cm³/mol. The Bertz CT molecular complexity index is 703. The molecule has 1 aromatic rings. The number of hydrogen-bond donors (Lipinski definition) is 3. The van der Waals surface area contributed by atoms with Gasteiger partial charge in [-0.15, -0.1) is 11.8 Å². The number of aromatic nitrogens is 2. The monoisotopic (exact) mass is 383 g/mol. The Morgan fingerprint density at radius 1 is 1.60 bits per heavy atom. The number of aliphatic carboxylic acids is 1. The molecule has 0 bridgehead atoms. The minimum atomic E-state index is -1.03. The fourth-order valence-electron chi connectivity index (χ4n) is 3.28. The average molecular weight is 383 g/mol. The molecule has 0 saturated heterocycles. The van der Waals surface area contributed by atoms with Crippen molar-refractivity contribution in [1.29, 1.82) is 0 Å². The Balaban J connectivity index is 1.79. The molecule has 9 heteroatoms. The smallest absolute Gasteiger partial charge is 0.352 e. The lowest BCUT2D eigenvalue weighted by atomic mass is 9.89. The molecule has 0 aliphatic carbocycles. The highest BCUT2D eigenvalue weighted by Gasteiger charge is 2.41. The first kappa shape index (κ1) is 18.3. The van der Waals surface area contributed by atoms with E-state index in [2.05, 4.69) is 14.9 Å². The molecule has 1 aromatic heterocycles. The fourth-order valence-corrected chi connectivity index (χ4v) is 5.85. The number of fused-ring (bicyclic) bond motifs is 1. The Morgan fingerprint density at radius 2 is 2.36 bits per heavy atom. The van der Waals surface area contributed by atoms with Crippen molar-refractivity contribution in [3.05, 3.63) is 23.0 Å². The van der Waals surface area contributed by atoms with Crippen LogP contribution in [-0.2, 0) is 16.1 Å². The van der Waals surface area contributed by atoms with E-state index in [1.807, 2.05) is 13.1 Å². The SMILES string of the molecule is CC(O)C(C=O)C1NC(C(=O)O)=C(SC2CSc3nccn3C2)C1C. The largest absolute Gasteiger partial charge is 0.477 e. The fraction of sp³-hybridized carbons (Fsp3) is 0.562. The van der Waals surface area contributed by atoms with E-state index in [1.54, 1.807) is 36.6 Å². The number of carboxylic acids is 1. The van der Waals surface area contributed by atoms with Gasteiger partial charge < -0.3 is 24.9 Å². The van der Waals surface area contributed by atoms with Gasteiger partial charge in [0, 0.05) is 46.8 Å².